The van der Waals surface area contributed by atoms with Crippen LogP contribution in [0.25, 0.3) is 0 Å². The molecule has 0 unspecified atom stereocenters. The normalized spacial score (nSPS) is 15.9. The number of nitrogens with one attached hydrogen (secondary N) is 3. The van der Waals surface area contributed by atoms with Crippen LogP contribution in [0.4, 0.5) is 23.1 Å². The summed E-state index contributed by atoms with van der Waals surface area (Å²) in [6, 6.07) is 8.75. The number of halogens is 1. The van der Waals surface area contributed by atoms with Crippen molar-refractivity contribution in [2.75, 3.05) is 36.9 Å². The van der Waals surface area contributed by atoms with Crippen LogP contribution in [0, 0.1) is 6.92 Å². The fourth-order valence-corrected chi connectivity index (χ4v) is 6.24. The van der Waals surface area contributed by atoms with E-state index >= 15 is 0 Å². The Balaban J connectivity index is 1.47. The minimum absolute atomic E-state index is 0.183. The molecule has 0 amide bonds. The molecule has 2 aliphatic rings. The smallest absolute Gasteiger partial charge is 0.229 e. The molecule has 0 radical (unpaired) electrons. The van der Waals surface area contributed by atoms with E-state index in [2.05, 4.69) is 32.8 Å². The van der Waals surface area contributed by atoms with E-state index in [0.717, 1.165) is 37.2 Å². The molecule has 0 saturated carbocycles. The van der Waals surface area contributed by atoms with Crippen molar-refractivity contribution in [1.82, 2.24) is 15.3 Å². The summed E-state index contributed by atoms with van der Waals surface area (Å²) in [4.78, 5) is 9.09. The van der Waals surface area contributed by atoms with Crippen LogP contribution < -0.4 is 25.4 Å². The van der Waals surface area contributed by atoms with Crippen LogP contribution >= 0.6 is 11.6 Å². The number of anilines is 4. The van der Waals surface area contributed by atoms with Gasteiger partial charge in [-0.3, -0.25) is 0 Å². The number of aryl methyl sites for hydroxylation is 1. The van der Waals surface area contributed by atoms with Gasteiger partial charge < -0.3 is 25.4 Å². The Labute approximate surface area is 228 Å². The number of sulfone groups is 1. The molecule has 9 nitrogen and oxygen atoms in total. The van der Waals surface area contributed by atoms with Crippen molar-refractivity contribution in [1.29, 1.82) is 0 Å². The van der Waals surface area contributed by atoms with Crippen LogP contribution in [0.5, 0.6) is 11.5 Å². The molecule has 1 aromatic heterocycles. The summed E-state index contributed by atoms with van der Waals surface area (Å²) in [5, 5.41) is 9.45. The number of benzene rings is 2. The van der Waals surface area contributed by atoms with Gasteiger partial charge in [0.2, 0.25) is 5.95 Å². The highest BCUT2D eigenvalue weighted by Crippen LogP contribution is 2.47. The summed E-state index contributed by atoms with van der Waals surface area (Å²) in [5.41, 5.74) is 3.41. The lowest BCUT2D eigenvalue weighted by atomic mass is 9.86. The number of para-hydroxylation sites is 1. The van der Waals surface area contributed by atoms with Gasteiger partial charge in [0.25, 0.3) is 0 Å². The zero-order valence-electron chi connectivity index (χ0n) is 21.7. The second-order valence-electron chi connectivity index (χ2n) is 9.76. The molecule has 1 fully saturated rings. The molecule has 5 rings (SSSR count). The molecule has 0 bridgehead atoms. The predicted octanol–water partition coefficient (Wildman–Crippen LogP) is 5.35. The number of piperidine rings is 1. The summed E-state index contributed by atoms with van der Waals surface area (Å²) in [6.07, 6.45) is 3.57. The molecule has 202 valence electrons. The van der Waals surface area contributed by atoms with Gasteiger partial charge in [-0.2, -0.15) is 4.98 Å². The maximum absolute atomic E-state index is 12.9. The second-order valence-corrected chi connectivity index (χ2v) is 12.6. The lowest BCUT2D eigenvalue weighted by molar-refractivity contribution is 0.169. The molecule has 3 heterocycles. The van der Waals surface area contributed by atoms with Gasteiger partial charge in [-0.15, -0.1) is 0 Å². The van der Waals surface area contributed by atoms with E-state index in [9.17, 15) is 8.42 Å². The van der Waals surface area contributed by atoms with Crippen molar-refractivity contribution in [3.8, 4) is 11.5 Å². The first-order valence-corrected chi connectivity index (χ1v) is 14.7. The van der Waals surface area contributed by atoms with Crippen molar-refractivity contribution < 1.29 is 17.9 Å². The minimum Gasteiger partial charge on any atom is -0.486 e. The molecule has 2 aliphatic heterocycles. The number of fused-ring (bicyclic) bond motifs is 1. The first-order valence-electron chi connectivity index (χ1n) is 12.8. The number of hydrogen-bond donors (Lipinski definition) is 3. The first kappa shape index (κ1) is 26.5. The molecular formula is C27H32ClN5O4S. The minimum atomic E-state index is -3.53. The van der Waals surface area contributed by atoms with E-state index in [4.69, 9.17) is 21.1 Å². The standard InChI is InChI=1S/C27H32ClN5O4S/c1-16(2)38(34,35)22-7-5-4-6-20(22)31-26-19(28)15-30-27(33-26)32-21-14-17(3)23(18-8-10-29-11-9-18)25-24(21)36-12-13-37-25/h4-7,14-16,18,29H,8-13H2,1-3H3,(H2,30,31,32,33). The summed E-state index contributed by atoms with van der Waals surface area (Å²) < 4.78 is 38.0. The molecule has 11 heteroatoms. The van der Waals surface area contributed by atoms with Gasteiger partial charge in [0.1, 0.15) is 18.2 Å². The van der Waals surface area contributed by atoms with Crippen molar-refractivity contribution in [2.45, 2.75) is 49.7 Å². The predicted molar refractivity (Wildman–Crippen MR) is 149 cm³/mol. The Hall–Kier alpha value is -3.08. The fourth-order valence-electron chi connectivity index (χ4n) is 4.90. The Morgan fingerprint density at radius 3 is 2.50 bits per heavy atom. The van der Waals surface area contributed by atoms with Crippen LogP contribution in [0.3, 0.4) is 0 Å². The van der Waals surface area contributed by atoms with E-state index in [1.54, 1.807) is 38.1 Å². The topological polar surface area (TPSA) is 114 Å². The van der Waals surface area contributed by atoms with E-state index < -0.39 is 15.1 Å². The molecule has 38 heavy (non-hydrogen) atoms. The third-order valence-corrected chi connectivity index (χ3v) is 9.35. The molecule has 1 saturated heterocycles. The summed E-state index contributed by atoms with van der Waals surface area (Å²) in [6.45, 7) is 8.30. The Morgan fingerprint density at radius 1 is 1.05 bits per heavy atom. The Morgan fingerprint density at radius 2 is 1.76 bits per heavy atom. The average Bonchev–Trinajstić information content (AvgIpc) is 2.91. The van der Waals surface area contributed by atoms with E-state index in [1.165, 1.54) is 11.8 Å². The van der Waals surface area contributed by atoms with E-state index in [-0.39, 0.29) is 21.7 Å². The Kier molecular flexibility index (Phi) is 7.65. The lowest BCUT2D eigenvalue weighted by Gasteiger charge is -2.30. The summed E-state index contributed by atoms with van der Waals surface area (Å²) >= 11 is 6.41. The molecule has 0 spiro atoms. The molecule has 3 N–H and O–H groups in total. The van der Waals surface area contributed by atoms with Crippen molar-refractivity contribution >= 4 is 44.6 Å². The van der Waals surface area contributed by atoms with Gasteiger partial charge in [-0.1, -0.05) is 23.7 Å². The number of nitrogens with zero attached hydrogens (tertiary/aromatic N) is 2. The zero-order chi connectivity index (χ0) is 26.9. The third kappa shape index (κ3) is 5.25. The molecule has 0 atom stereocenters. The maximum Gasteiger partial charge on any atom is 0.229 e. The van der Waals surface area contributed by atoms with Crippen LogP contribution in [-0.2, 0) is 9.84 Å². The first-order chi connectivity index (χ1) is 18.3. The van der Waals surface area contributed by atoms with Crippen molar-refractivity contribution in [2.24, 2.45) is 0 Å². The van der Waals surface area contributed by atoms with Crippen LogP contribution in [0.1, 0.15) is 43.7 Å². The average molecular weight is 558 g/mol. The quantitative estimate of drug-likeness (QED) is 0.354. The number of aromatic nitrogens is 2. The SMILES string of the molecule is Cc1cc(Nc2ncc(Cl)c(Nc3ccccc3S(=O)(=O)C(C)C)n2)c2c(c1C1CCNCC1)OCCO2. The third-order valence-electron chi connectivity index (χ3n) is 6.86. The zero-order valence-corrected chi connectivity index (χ0v) is 23.2. The van der Waals surface area contributed by atoms with Crippen LogP contribution in [0.2, 0.25) is 5.02 Å². The van der Waals surface area contributed by atoms with Crippen molar-refractivity contribution in [3.05, 3.63) is 52.7 Å². The lowest BCUT2D eigenvalue weighted by Crippen LogP contribution is -2.28. The van der Waals surface area contributed by atoms with E-state index in [1.807, 2.05) is 6.07 Å². The number of rotatable bonds is 7. The van der Waals surface area contributed by atoms with Gasteiger partial charge in [-0.05, 0) is 76.4 Å². The van der Waals surface area contributed by atoms with Gasteiger partial charge in [-0.25, -0.2) is 13.4 Å². The number of hydrogen-bond acceptors (Lipinski definition) is 9. The molecule has 0 aliphatic carbocycles. The Bertz CT molecular complexity index is 1440. The van der Waals surface area contributed by atoms with Crippen molar-refractivity contribution in [3.63, 3.8) is 0 Å². The molecule has 3 aromatic rings. The summed E-state index contributed by atoms with van der Waals surface area (Å²) in [7, 11) is -3.53. The van der Waals surface area contributed by atoms with Crippen LogP contribution in [0.15, 0.2) is 41.4 Å². The summed E-state index contributed by atoms with van der Waals surface area (Å²) in [5.74, 6) is 2.41. The highest BCUT2D eigenvalue weighted by Gasteiger charge is 2.29. The van der Waals surface area contributed by atoms with Gasteiger partial charge in [0.05, 0.1) is 27.7 Å². The second kappa shape index (κ2) is 11.0. The maximum atomic E-state index is 12.9. The highest BCUT2D eigenvalue weighted by atomic mass is 35.5. The number of ether oxygens (including phenoxy) is 2. The largest absolute Gasteiger partial charge is 0.486 e. The van der Waals surface area contributed by atoms with E-state index in [0.29, 0.717) is 36.3 Å². The van der Waals surface area contributed by atoms with Gasteiger partial charge in [0, 0.05) is 5.56 Å². The fraction of sp³-hybridized carbons (Fsp3) is 0.407. The van der Waals surface area contributed by atoms with Gasteiger partial charge in [0.15, 0.2) is 27.2 Å². The molecular weight excluding hydrogens is 526 g/mol. The monoisotopic (exact) mass is 557 g/mol. The van der Waals surface area contributed by atoms with Crippen LogP contribution in [-0.4, -0.2) is 49.9 Å². The van der Waals surface area contributed by atoms with Gasteiger partial charge >= 0.3 is 0 Å². The highest BCUT2D eigenvalue weighted by molar-refractivity contribution is 7.92. The molecule has 2 aromatic carbocycles.